The van der Waals surface area contributed by atoms with Crippen molar-refractivity contribution >= 4 is 39.1 Å². The van der Waals surface area contributed by atoms with E-state index in [2.05, 4.69) is 21.2 Å². The molecular formula is C25H25BrN2O3. The zero-order valence-electron chi connectivity index (χ0n) is 17.8. The van der Waals surface area contributed by atoms with Gasteiger partial charge >= 0.3 is 0 Å². The van der Waals surface area contributed by atoms with Gasteiger partial charge in [-0.15, -0.1) is 0 Å². The number of anilines is 2. The Morgan fingerprint density at radius 2 is 1.68 bits per heavy atom. The number of nitrogens with zero attached hydrogens (tertiary/aromatic N) is 1. The Hall–Kier alpha value is -3.12. The first-order valence-corrected chi connectivity index (χ1v) is 10.9. The molecule has 0 saturated heterocycles. The minimum atomic E-state index is -0.282. The molecule has 0 spiro atoms. The molecule has 3 rings (SSSR count). The number of nitrogens with one attached hydrogen (secondary N) is 1. The summed E-state index contributed by atoms with van der Waals surface area (Å²) in [4.78, 5) is 27.5. The molecule has 0 radical (unpaired) electrons. The SMILES string of the molecule is CCN(C(=O)c1ccc(NC(=O)c2cc(Br)ccc2OC(C)C)cc1)c1ccccc1. The molecule has 0 aliphatic rings. The number of halogens is 1. The van der Waals surface area contributed by atoms with Crippen LogP contribution in [0.2, 0.25) is 0 Å². The van der Waals surface area contributed by atoms with Gasteiger partial charge in [-0.2, -0.15) is 0 Å². The number of rotatable bonds is 7. The van der Waals surface area contributed by atoms with E-state index in [9.17, 15) is 9.59 Å². The highest BCUT2D eigenvalue weighted by molar-refractivity contribution is 9.10. The largest absolute Gasteiger partial charge is 0.490 e. The highest BCUT2D eigenvalue weighted by Crippen LogP contribution is 2.26. The second kappa shape index (κ2) is 10.3. The summed E-state index contributed by atoms with van der Waals surface area (Å²) in [5, 5.41) is 2.88. The van der Waals surface area contributed by atoms with Gasteiger partial charge in [0.15, 0.2) is 0 Å². The summed E-state index contributed by atoms with van der Waals surface area (Å²) in [6, 6.07) is 21.8. The Morgan fingerprint density at radius 1 is 1.00 bits per heavy atom. The fourth-order valence-electron chi connectivity index (χ4n) is 3.14. The van der Waals surface area contributed by atoms with Gasteiger partial charge in [0.25, 0.3) is 11.8 Å². The van der Waals surface area contributed by atoms with Crippen LogP contribution in [-0.2, 0) is 0 Å². The zero-order valence-corrected chi connectivity index (χ0v) is 19.3. The van der Waals surface area contributed by atoms with Gasteiger partial charge < -0.3 is 15.0 Å². The lowest BCUT2D eigenvalue weighted by molar-refractivity contribution is 0.0986. The van der Waals surface area contributed by atoms with E-state index in [1.54, 1.807) is 41.3 Å². The van der Waals surface area contributed by atoms with Crippen molar-refractivity contribution in [3.8, 4) is 5.75 Å². The van der Waals surface area contributed by atoms with E-state index in [0.717, 1.165) is 10.2 Å². The maximum atomic E-state index is 12.9. The third-order valence-corrected chi connectivity index (χ3v) is 5.06. The summed E-state index contributed by atoms with van der Waals surface area (Å²) in [6.45, 7) is 6.32. The number of benzene rings is 3. The van der Waals surface area contributed by atoms with E-state index in [0.29, 0.717) is 29.1 Å². The minimum absolute atomic E-state index is 0.0517. The Balaban J connectivity index is 1.76. The Kier molecular flexibility index (Phi) is 7.47. The summed E-state index contributed by atoms with van der Waals surface area (Å²) >= 11 is 3.40. The Labute approximate surface area is 191 Å². The smallest absolute Gasteiger partial charge is 0.259 e. The van der Waals surface area contributed by atoms with Crippen LogP contribution in [0.4, 0.5) is 11.4 Å². The van der Waals surface area contributed by atoms with Crippen molar-refractivity contribution < 1.29 is 14.3 Å². The summed E-state index contributed by atoms with van der Waals surface area (Å²) < 4.78 is 6.55. The van der Waals surface area contributed by atoms with Crippen LogP contribution in [0.1, 0.15) is 41.5 Å². The first kappa shape index (κ1) is 22.6. The minimum Gasteiger partial charge on any atom is -0.490 e. The van der Waals surface area contributed by atoms with E-state index in [4.69, 9.17) is 4.74 Å². The van der Waals surface area contributed by atoms with E-state index < -0.39 is 0 Å². The van der Waals surface area contributed by atoms with Crippen LogP contribution in [0, 0.1) is 0 Å². The van der Waals surface area contributed by atoms with Crippen LogP contribution in [0.15, 0.2) is 77.3 Å². The molecule has 1 N–H and O–H groups in total. The second-order valence-electron chi connectivity index (χ2n) is 7.22. The maximum Gasteiger partial charge on any atom is 0.259 e. The molecule has 0 saturated carbocycles. The van der Waals surface area contributed by atoms with Gasteiger partial charge in [0.1, 0.15) is 5.75 Å². The third-order valence-electron chi connectivity index (χ3n) is 4.57. The van der Waals surface area contributed by atoms with Crippen molar-refractivity contribution in [3.05, 3.63) is 88.4 Å². The molecule has 160 valence electrons. The van der Waals surface area contributed by atoms with Crippen molar-refractivity contribution in [2.45, 2.75) is 26.9 Å². The summed E-state index contributed by atoms with van der Waals surface area (Å²) in [6.07, 6.45) is -0.0517. The van der Waals surface area contributed by atoms with Crippen molar-refractivity contribution in [1.29, 1.82) is 0 Å². The highest BCUT2D eigenvalue weighted by Gasteiger charge is 2.17. The lowest BCUT2D eigenvalue weighted by atomic mass is 10.1. The molecule has 0 fully saturated rings. The zero-order chi connectivity index (χ0) is 22.4. The van der Waals surface area contributed by atoms with Gasteiger partial charge in [-0.05, 0) is 75.4 Å². The predicted molar refractivity (Wildman–Crippen MR) is 128 cm³/mol. The molecule has 2 amide bonds. The first-order valence-electron chi connectivity index (χ1n) is 10.1. The lowest BCUT2D eigenvalue weighted by Gasteiger charge is -2.21. The standard InChI is InChI=1S/C25H25BrN2O3/c1-4-28(21-8-6-5-7-9-21)25(30)18-10-13-20(14-11-18)27-24(29)22-16-19(26)12-15-23(22)31-17(2)3/h5-17H,4H2,1-3H3,(H,27,29). The first-order chi connectivity index (χ1) is 14.9. The van der Waals surface area contributed by atoms with Gasteiger partial charge in [-0.1, -0.05) is 34.1 Å². The van der Waals surface area contributed by atoms with Crippen molar-refractivity contribution in [3.63, 3.8) is 0 Å². The average Bonchev–Trinajstić information content (AvgIpc) is 2.76. The molecule has 3 aromatic rings. The molecule has 0 unspecified atom stereocenters. The fraction of sp³-hybridized carbons (Fsp3) is 0.200. The van der Waals surface area contributed by atoms with Gasteiger partial charge in [0.05, 0.1) is 11.7 Å². The number of para-hydroxylation sites is 1. The van der Waals surface area contributed by atoms with Crippen LogP contribution >= 0.6 is 15.9 Å². The van der Waals surface area contributed by atoms with Crippen LogP contribution < -0.4 is 15.0 Å². The summed E-state index contributed by atoms with van der Waals surface area (Å²) in [5.41, 5.74) is 2.43. The third kappa shape index (κ3) is 5.73. The monoisotopic (exact) mass is 480 g/mol. The Bertz CT molecular complexity index is 1050. The highest BCUT2D eigenvalue weighted by atomic mass is 79.9. The quantitative estimate of drug-likeness (QED) is 0.440. The molecule has 0 bridgehead atoms. The van der Waals surface area contributed by atoms with E-state index >= 15 is 0 Å². The number of amides is 2. The average molecular weight is 481 g/mol. The van der Waals surface area contributed by atoms with Gasteiger partial charge in [-0.25, -0.2) is 0 Å². The van der Waals surface area contributed by atoms with Crippen molar-refractivity contribution in [2.24, 2.45) is 0 Å². The normalized spacial score (nSPS) is 10.6. The van der Waals surface area contributed by atoms with Crippen LogP contribution in [0.5, 0.6) is 5.75 Å². The molecule has 6 heteroatoms. The van der Waals surface area contributed by atoms with Crippen molar-refractivity contribution in [2.75, 3.05) is 16.8 Å². The number of carbonyl (C=O) groups is 2. The van der Waals surface area contributed by atoms with Gasteiger partial charge in [0, 0.05) is 28.0 Å². The number of ether oxygens (including phenoxy) is 1. The molecule has 0 atom stereocenters. The van der Waals surface area contributed by atoms with E-state index in [1.807, 2.05) is 57.2 Å². The van der Waals surface area contributed by atoms with E-state index in [1.165, 1.54) is 0 Å². The topological polar surface area (TPSA) is 58.6 Å². The molecule has 0 aromatic heterocycles. The van der Waals surface area contributed by atoms with Crippen molar-refractivity contribution in [1.82, 2.24) is 0 Å². The number of carbonyl (C=O) groups excluding carboxylic acids is 2. The molecule has 0 aliphatic carbocycles. The van der Waals surface area contributed by atoms with Crippen LogP contribution in [0.3, 0.4) is 0 Å². The Morgan fingerprint density at radius 3 is 2.29 bits per heavy atom. The fourth-order valence-corrected chi connectivity index (χ4v) is 3.50. The van der Waals surface area contributed by atoms with Gasteiger partial charge in [0.2, 0.25) is 0 Å². The number of hydrogen-bond donors (Lipinski definition) is 1. The molecule has 0 heterocycles. The van der Waals surface area contributed by atoms with Gasteiger partial charge in [-0.3, -0.25) is 9.59 Å². The number of hydrogen-bond acceptors (Lipinski definition) is 3. The predicted octanol–water partition coefficient (Wildman–Crippen LogP) is 6.16. The maximum absolute atomic E-state index is 12.9. The summed E-state index contributed by atoms with van der Waals surface area (Å²) in [7, 11) is 0. The van der Waals surface area contributed by atoms with Crippen LogP contribution in [-0.4, -0.2) is 24.5 Å². The molecule has 0 aliphatic heterocycles. The molecular weight excluding hydrogens is 456 g/mol. The van der Waals surface area contributed by atoms with Crippen LogP contribution in [0.25, 0.3) is 0 Å². The van der Waals surface area contributed by atoms with E-state index in [-0.39, 0.29) is 17.9 Å². The second-order valence-corrected chi connectivity index (χ2v) is 8.14. The molecule has 5 nitrogen and oxygen atoms in total. The molecule has 31 heavy (non-hydrogen) atoms. The lowest BCUT2D eigenvalue weighted by Crippen LogP contribution is -2.30. The molecule has 3 aromatic carbocycles. The summed E-state index contributed by atoms with van der Waals surface area (Å²) in [5.74, 6) is 0.144.